The molecule has 0 radical (unpaired) electrons. The number of rotatable bonds is 2. The summed E-state index contributed by atoms with van der Waals surface area (Å²) < 4.78 is 6.55. The Labute approximate surface area is 87.1 Å². The van der Waals surface area contributed by atoms with Crippen LogP contribution in [0.25, 0.3) is 10.9 Å². The normalized spacial score (nSPS) is 10.7. The smallest absolute Gasteiger partial charge is 0.512 e. The quantitative estimate of drug-likeness (QED) is 0.690. The zero-order chi connectivity index (χ0) is 11.0. The van der Waals surface area contributed by atoms with Crippen molar-refractivity contribution >= 4 is 18.2 Å². The van der Waals surface area contributed by atoms with Gasteiger partial charge in [-0.05, 0) is 24.6 Å². The average Bonchev–Trinajstić information content (AvgIpc) is 2.46. The first-order chi connectivity index (χ1) is 7.08. The molecule has 0 aliphatic rings. The van der Waals surface area contributed by atoms with Crippen molar-refractivity contribution in [3.8, 4) is 5.75 Å². The Hall–Kier alpha value is -1.53. The number of nitrogens with zero attached hydrogens (tertiary/aromatic N) is 2. The van der Waals surface area contributed by atoms with E-state index in [-0.39, 0.29) is 0 Å². The molecule has 78 valence electrons. The minimum Gasteiger partial charge on any atom is -0.512 e. The highest BCUT2D eigenvalue weighted by molar-refractivity contribution is 6.33. The van der Waals surface area contributed by atoms with E-state index in [1.54, 1.807) is 23.0 Å². The molecule has 1 aromatic heterocycles. The Kier molecular flexibility index (Phi) is 2.38. The number of aromatic nitrogens is 2. The van der Waals surface area contributed by atoms with Gasteiger partial charge < -0.3 is 14.7 Å². The highest BCUT2D eigenvalue weighted by Gasteiger charge is 2.13. The lowest BCUT2D eigenvalue weighted by Crippen LogP contribution is -2.20. The van der Waals surface area contributed by atoms with Gasteiger partial charge in [-0.15, -0.1) is 0 Å². The summed E-state index contributed by atoms with van der Waals surface area (Å²) in [7, 11) is 0.0649. The SMILES string of the molecule is Cc1cc(OB(O)O)cc2cnn(C)c12. The zero-order valence-corrected chi connectivity index (χ0v) is 8.51. The van der Waals surface area contributed by atoms with Crippen LogP contribution in [-0.2, 0) is 7.05 Å². The van der Waals surface area contributed by atoms with Gasteiger partial charge in [0.05, 0.1) is 11.7 Å². The molecular weight excluding hydrogens is 195 g/mol. The maximum atomic E-state index is 8.69. The molecule has 0 bridgehead atoms. The molecule has 0 atom stereocenters. The van der Waals surface area contributed by atoms with Crippen LogP contribution in [-0.4, -0.2) is 27.1 Å². The van der Waals surface area contributed by atoms with Crippen molar-refractivity contribution in [2.45, 2.75) is 6.92 Å². The lowest BCUT2D eigenvalue weighted by molar-refractivity contribution is 0.288. The van der Waals surface area contributed by atoms with Gasteiger partial charge in [-0.1, -0.05) is 0 Å². The first-order valence-corrected chi connectivity index (χ1v) is 4.53. The number of benzene rings is 1. The van der Waals surface area contributed by atoms with Gasteiger partial charge in [-0.2, -0.15) is 5.10 Å². The Balaban J connectivity index is 2.53. The van der Waals surface area contributed by atoms with Gasteiger partial charge in [0.2, 0.25) is 0 Å². The molecule has 0 unspecified atom stereocenters. The van der Waals surface area contributed by atoms with E-state index in [4.69, 9.17) is 14.7 Å². The van der Waals surface area contributed by atoms with E-state index in [0.717, 1.165) is 16.5 Å². The molecule has 1 aromatic carbocycles. The minimum absolute atomic E-state index is 0.419. The van der Waals surface area contributed by atoms with Crippen LogP contribution in [0.1, 0.15) is 5.56 Å². The Bertz CT molecular complexity index is 495. The highest BCUT2D eigenvalue weighted by atomic mass is 16.6. The minimum atomic E-state index is -1.79. The fourth-order valence-corrected chi connectivity index (χ4v) is 1.71. The van der Waals surface area contributed by atoms with Gasteiger partial charge in [-0.25, -0.2) is 0 Å². The van der Waals surface area contributed by atoms with E-state index < -0.39 is 7.32 Å². The van der Waals surface area contributed by atoms with Crippen LogP contribution in [0.3, 0.4) is 0 Å². The van der Waals surface area contributed by atoms with Crippen LogP contribution in [0.15, 0.2) is 18.3 Å². The number of hydrogen-bond donors (Lipinski definition) is 2. The molecule has 0 saturated heterocycles. The summed E-state index contributed by atoms with van der Waals surface area (Å²) in [5.41, 5.74) is 1.98. The van der Waals surface area contributed by atoms with Gasteiger partial charge in [0.25, 0.3) is 0 Å². The molecule has 15 heavy (non-hydrogen) atoms. The Morgan fingerprint density at radius 1 is 1.40 bits per heavy atom. The molecule has 0 fully saturated rings. The Morgan fingerprint density at radius 2 is 2.13 bits per heavy atom. The summed E-state index contributed by atoms with van der Waals surface area (Å²) >= 11 is 0. The molecule has 2 aromatic rings. The lowest BCUT2D eigenvalue weighted by atomic mass is 10.1. The van der Waals surface area contributed by atoms with E-state index in [1.807, 2.05) is 14.0 Å². The molecule has 2 N–H and O–H groups in total. The van der Waals surface area contributed by atoms with Crippen LogP contribution in [0.4, 0.5) is 0 Å². The average molecular weight is 206 g/mol. The third-order valence-electron chi connectivity index (χ3n) is 2.24. The third-order valence-corrected chi connectivity index (χ3v) is 2.24. The van der Waals surface area contributed by atoms with Crippen LogP contribution >= 0.6 is 0 Å². The first kappa shape index (κ1) is 10.0. The lowest BCUT2D eigenvalue weighted by Gasteiger charge is -2.06. The first-order valence-electron chi connectivity index (χ1n) is 4.53. The van der Waals surface area contributed by atoms with E-state index >= 15 is 0 Å². The van der Waals surface area contributed by atoms with Crippen molar-refractivity contribution in [2.24, 2.45) is 7.05 Å². The summed E-state index contributed by atoms with van der Waals surface area (Å²) in [6.07, 6.45) is 1.71. The van der Waals surface area contributed by atoms with Crippen LogP contribution in [0.5, 0.6) is 5.75 Å². The maximum Gasteiger partial charge on any atom is 0.707 e. The zero-order valence-electron chi connectivity index (χ0n) is 8.51. The third kappa shape index (κ3) is 1.81. The van der Waals surface area contributed by atoms with Crippen LogP contribution in [0, 0.1) is 6.92 Å². The molecule has 0 aliphatic heterocycles. The fraction of sp³-hybridized carbons (Fsp3) is 0.222. The summed E-state index contributed by atoms with van der Waals surface area (Å²) in [5, 5.41) is 22.4. The molecule has 0 amide bonds. The second kappa shape index (κ2) is 3.56. The molecule has 6 heteroatoms. The summed E-state index contributed by atoms with van der Waals surface area (Å²) in [5.74, 6) is 0.419. The Morgan fingerprint density at radius 3 is 2.80 bits per heavy atom. The monoisotopic (exact) mass is 206 g/mol. The molecule has 0 aliphatic carbocycles. The van der Waals surface area contributed by atoms with Crippen molar-refractivity contribution in [3.05, 3.63) is 23.9 Å². The van der Waals surface area contributed by atoms with Crippen molar-refractivity contribution < 1.29 is 14.7 Å². The summed E-state index contributed by atoms with van der Waals surface area (Å²) in [6.45, 7) is 1.92. The molecule has 5 nitrogen and oxygen atoms in total. The van der Waals surface area contributed by atoms with E-state index in [9.17, 15) is 0 Å². The maximum absolute atomic E-state index is 8.69. The van der Waals surface area contributed by atoms with Gasteiger partial charge >= 0.3 is 7.32 Å². The number of fused-ring (bicyclic) bond motifs is 1. The molecular formula is C9H11BN2O3. The second-order valence-electron chi connectivity index (χ2n) is 3.39. The van der Waals surface area contributed by atoms with Crippen molar-refractivity contribution in [1.29, 1.82) is 0 Å². The predicted molar refractivity (Wildman–Crippen MR) is 56.3 cm³/mol. The number of aryl methyl sites for hydroxylation is 2. The molecule has 0 spiro atoms. The van der Waals surface area contributed by atoms with E-state index in [0.29, 0.717) is 5.75 Å². The molecule has 2 rings (SSSR count). The largest absolute Gasteiger partial charge is 0.707 e. The van der Waals surface area contributed by atoms with Crippen LogP contribution < -0.4 is 4.65 Å². The fourth-order valence-electron chi connectivity index (χ4n) is 1.71. The predicted octanol–water partition coefficient (Wildman–Crippen LogP) is 0.230. The van der Waals surface area contributed by atoms with E-state index in [1.165, 1.54) is 0 Å². The summed E-state index contributed by atoms with van der Waals surface area (Å²) in [4.78, 5) is 0. The van der Waals surface area contributed by atoms with Crippen molar-refractivity contribution in [2.75, 3.05) is 0 Å². The van der Waals surface area contributed by atoms with Crippen molar-refractivity contribution in [1.82, 2.24) is 9.78 Å². The van der Waals surface area contributed by atoms with Gasteiger partial charge in [-0.3, -0.25) is 4.68 Å². The topological polar surface area (TPSA) is 67.5 Å². The number of hydrogen-bond acceptors (Lipinski definition) is 4. The van der Waals surface area contributed by atoms with E-state index in [2.05, 4.69) is 5.10 Å². The highest BCUT2D eigenvalue weighted by Crippen LogP contribution is 2.24. The van der Waals surface area contributed by atoms with Gasteiger partial charge in [0.1, 0.15) is 5.75 Å². The van der Waals surface area contributed by atoms with Gasteiger partial charge in [0.15, 0.2) is 0 Å². The molecule has 1 heterocycles. The second-order valence-corrected chi connectivity index (χ2v) is 3.39. The van der Waals surface area contributed by atoms with Crippen molar-refractivity contribution in [3.63, 3.8) is 0 Å². The summed E-state index contributed by atoms with van der Waals surface area (Å²) in [6, 6.07) is 3.46. The standard InChI is InChI=1S/C9H11BN2O3/c1-6-3-8(15-10(13)14)4-7-5-11-12(2)9(6)7/h3-5,13-14H,1-2H3. The van der Waals surface area contributed by atoms with Gasteiger partial charge in [0, 0.05) is 12.4 Å². The molecule has 0 saturated carbocycles. The van der Waals surface area contributed by atoms with Crippen LogP contribution in [0.2, 0.25) is 0 Å².